The molecule has 94 valence electrons. The average Bonchev–Trinajstić information content (AvgIpc) is 2.46. The standard InChI is InChI=1S/C15H5F2N3/c16-14-4-10(5-15(17)13(14)8-20)12-2-1-9(6-18)3-11(12)7-19/h1-5H. The van der Waals surface area contributed by atoms with Crippen molar-refractivity contribution in [1.29, 1.82) is 15.8 Å². The van der Waals surface area contributed by atoms with Crippen LogP contribution in [0.15, 0.2) is 30.3 Å². The maximum atomic E-state index is 13.6. The van der Waals surface area contributed by atoms with Crippen LogP contribution in [0.4, 0.5) is 8.78 Å². The van der Waals surface area contributed by atoms with Crippen LogP contribution >= 0.6 is 0 Å². The number of rotatable bonds is 1. The molecule has 0 aliphatic heterocycles. The van der Waals surface area contributed by atoms with Crippen LogP contribution in [0, 0.1) is 45.6 Å². The van der Waals surface area contributed by atoms with Gasteiger partial charge < -0.3 is 0 Å². The molecule has 3 nitrogen and oxygen atoms in total. The summed E-state index contributed by atoms with van der Waals surface area (Å²) in [7, 11) is 0. The van der Waals surface area contributed by atoms with Gasteiger partial charge in [-0.3, -0.25) is 0 Å². The van der Waals surface area contributed by atoms with E-state index in [-0.39, 0.29) is 16.7 Å². The fourth-order valence-electron chi connectivity index (χ4n) is 1.79. The molecular formula is C15H5F2N3. The van der Waals surface area contributed by atoms with E-state index in [1.807, 2.05) is 12.1 Å². The second kappa shape index (κ2) is 5.18. The molecule has 2 aromatic rings. The van der Waals surface area contributed by atoms with Crippen LogP contribution in [-0.4, -0.2) is 0 Å². The molecule has 0 saturated heterocycles. The van der Waals surface area contributed by atoms with Gasteiger partial charge in [0.2, 0.25) is 0 Å². The summed E-state index contributed by atoms with van der Waals surface area (Å²) in [5.74, 6) is -1.98. The van der Waals surface area contributed by atoms with Gasteiger partial charge in [-0.2, -0.15) is 15.8 Å². The molecule has 0 fully saturated rings. The quantitative estimate of drug-likeness (QED) is 0.794. The Morgan fingerprint density at radius 2 is 1.45 bits per heavy atom. The molecule has 0 aliphatic carbocycles. The monoisotopic (exact) mass is 265 g/mol. The largest absolute Gasteiger partial charge is 0.205 e. The van der Waals surface area contributed by atoms with Crippen molar-refractivity contribution in [3.05, 3.63) is 58.7 Å². The lowest BCUT2D eigenvalue weighted by Gasteiger charge is -2.06. The first-order chi connectivity index (χ1) is 9.60. The summed E-state index contributed by atoms with van der Waals surface area (Å²) in [6, 6.07) is 11.4. The number of benzene rings is 2. The SMILES string of the molecule is N#Cc1ccc(-c2cc(F)c(C#N)c(F)c2)c(C#N)c1. The molecule has 0 heterocycles. The molecule has 2 aromatic carbocycles. The van der Waals surface area contributed by atoms with Crippen LogP contribution in [0.5, 0.6) is 0 Å². The molecule has 0 radical (unpaired) electrons. The van der Waals surface area contributed by atoms with Crippen LogP contribution in [-0.2, 0) is 0 Å². The number of hydrogen-bond acceptors (Lipinski definition) is 3. The number of nitriles is 3. The maximum absolute atomic E-state index is 13.6. The van der Waals surface area contributed by atoms with Crippen molar-refractivity contribution < 1.29 is 8.78 Å². The van der Waals surface area contributed by atoms with Gasteiger partial charge in [0.25, 0.3) is 0 Å². The summed E-state index contributed by atoms with van der Waals surface area (Å²) >= 11 is 0. The Morgan fingerprint density at radius 1 is 0.800 bits per heavy atom. The Labute approximate surface area is 113 Å². The topological polar surface area (TPSA) is 71.4 Å². The Balaban J connectivity index is 2.68. The van der Waals surface area contributed by atoms with Gasteiger partial charge >= 0.3 is 0 Å². The first kappa shape index (κ1) is 13.2. The van der Waals surface area contributed by atoms with E-state index in [2.05, 4.69) is 0 Å². The normalized spacial score (nSPS) is 9.35. The van der Waals surface area contributed by atoms with Gasteiger partial charge in [-0.25, -0.2) is 8.78 Å². The molecule has 20 heavy (non-hydrogen) atoms. The molecule has 0 atom stereocenters. The average molecular weight is 265 g/mol. The molecule has 5 heteroatoms. The molecule has 0 saturated carbocycles. The van der Waals surface area contributed by atoms with Crippen molar-refractivity contribution in [2.75, 3.05) is 0 Å². The van der Waals surface area contributed by atoms with E-state index in [9.17, 15) is 8.78 Å². The highest BCUT2D eigenvalue weighted by atomic mass is 19.1. The van der Waals surface area contributed by atoms with Crippen LogP contribution in [0.2, 0.25) is 0 Å². The van der Waals surface area contributed by atoms with Crippen molar-refractivity contribution >= 4 is 0 Å². The molecule has 0 aromatic heterocycles. The van der Waals surface area contributed by atoms with Crippen LogP contribution in [0.25, 0.3) is 11.1 Å². The molecule has 0 N–H and O–H groups in total. The molecule has 0 unspecified atom stereocenters. The summed E-state index contributed by atoms with van der Waals surface area (Å²) in [6.07, 6.45) is 0. The second-order valence-electron chi connectivity index (χ2n) is 3.91. The molecule has 0 bridgehead atoms. The van der Waals surface area contributed by atoms with E-state index in [0.29, 0.717) is 5.56 Å². The second-order valence-corrected chi connectivity index (χ2v) is 3.91. The number of hydrogen-bond donors (Lipinski definition) is 0. The third-order valence-corrected chi connectivity index (χ3v) is 2.73. The lowest BCUT2D eigenvalue weighted by atomic mass is 9.97. The van der Waals surface area contributed by atoms with E-state index >= 15 is 0 Å². The first-order valence-electron chi connectivity index (χ1n) is 5.44. The minimum absolute atomic E-state index is 0.132. The summed E-state index contributed by atoms with van der Waals surface area (Å²) < 4.78 is 27.2. The van der Waals surface area contributed by atoms with Crippen LogP contribution < -0.4 is 0 Å². The highest BCUT2D eigenvalue weighted by Gasteiger charge is 2.14. The highest BCUT2D eigenvalue weighted by molar-refractivity contribution is 5.72. The third kappa shape index (κ3) is 2.19. The van der Waals surface area contributed by atoms with Crippen LogP contribution in [0.3, 0.4) is 0 Å². The molecule has 2 rings (SSSR count). The zero-order valence-corrected chi connectivity index (χ0v) is 9.98. The van der Waals surface area contributed by atoms with E-state index in [1.54, 1.807) is 0 Å². The van der Waals surface area contributed by atoms with Crippen LogP contribution in [0.1, 0.15) is 16.7 Å². The number of nitrogens with zero attached hydrogens (tertiary/aromatic N) is 3. The lowest BCUT2D eigenvalue weighted by Crippen LogP contribution is -1.94. The van der Waals surface area contributed by atoms with Crippen molar-refractivity contribution in [1.82, 2.24) is 0 Å². The third-order valence-electron chi connectivity index (χ3n) is 2.73. The predicted octanol–water partition coefficient (Wildman–Crippen LogP) is 3.25. The van der Waals surface area contributed by atoms with E-state index < -0.39 is 17.2 Å². The van der Waals surface area contributed by atoms with Gasteiger partial charge in [0.05, 0.1) is 23.3 Å². The number of halogens is 2. The molecule has 0 amide bonds. The van der Waals surface area contributed by atoms with Gasteiger partial charge in [-0.15, -0.1) is 0 Å². The van der Waals surface area contributed by atoms with Gasteiger partial charge in [0.15, 0.2) is 0 Å². The minimum atomic E-state index is -0.990. The van der Waals surface area contributed by atoms with Crippen molar-refractivity contribution in [2.24, 2.45) is 0 Å². The summed E-state index contributed by atoms with van der Waals surface area (Å²) in [5, 5.41) is 26.4. The van der Waals surface area contributed by atoms with E-state index in [0.717, 1.165) is 12.1 Å². The Bertz CT molecular complexity index is 797. The maximum Gasteiger partial charge on any atom is 0.144 e. The van der Waals surface area contributed by atoms with Gasteiger partial charge in [0, 0.05) is 0 Å². The zero-order valence-electron chi connectivity index (χ0n) is 9.98. The molecular weight excluding hydrogens is 260 g/mol. The summed E-state index contributed by atoms with van der Waals surface area (Å²) in [5.41, 5.74) is 0.183. The minimum Gasteiger partial charge on any atom is -0.205 e. The zero-order chi connectivity index (χ0) is 14.7. The summed E-state index contributed by atoms with van der Waals surface area (Å²) in [6.45, 7) is 0. The van der Waals surface area contributed by atoms with Gasteiger partial charge in [-0.1, -0.05) is 6.07 Å². The van der Waals surface area contributed by atoms with Crippen molar-refractivity contribution in [3.63, 3.8) is 0 Å². The highest BCUT2D eigenvalue weighted by Crippen LogP contribution is 2.27. The fraction of sp³-hybridized carbons (Fsp3) is 0. The van der Waals surface area contributed by atoms with Gasteiger partial charge in [0.1, 0.15) is 23.3 Å². The Kier molecular flexibility index (Phi) is 3.42. The Hall–Kier alpha value is -3.23. The first-order valence-corrected chi connectivity index (χ1v) is 5.44. The smallest absolute Gasteiger partial charge is 0.144 e. The van der Waals surface area contributed by atoms with Gasteiger partial charge in [-0.05, 0) is 35.4 Å². The van der Waals surface area contributed by atoms with Crippen molar-refractivity contribution in [2.45, 2.75) is 0 Å². The predicted molar refractivity (Wildman–Crippen MR) is 65.9 cm³/mol. The lowest BCUT2D eigenvalue weighted by molar-refractivity contribution is 0.577. The summed E-state index contributed by atoms with van der Waals surface area (Å²) in [4.78, 5) is 0. The van der Waals surface area contributed by atoms with E-state index in [1.165, 1.54) is 24.3 Å². The molecule has 0 spiro atoms. The Morgan fingerprint density at radius 3 is 1.95 bits per heavy atom. The van der Waals surface area contributed by atoms with Crippen molar-refractivity contribution in [3.8, 4) is 29.3 Å². The van der Waals surface area contributed by atoms with E-state index in [4.69, 9.17) is 15.8 Å². The fourth-order valence-corrected chi connectivity index (χ4v) is 1.79. The molecule has 0 aliphatic rings.